The Hall–Kier alpha value is -1.36. The predicted molar refractivity (Wildman–Crippen MR) is 70.2 cm³/mol. The highest BCUT2D eigenvalue weighted by molar-refractivity contribution is 5.76. The molecule has 5 heteroatoms. The highest BCUT2D eigenvalue weighted by Crippen LogP contribution is 2.07. The monoisotopic (exact) mass is 253 g/mol. The second-order valence-electron chi connectivity index (χ2n) is 4.61. The SMILES string of the molecule is CCC(O)CCNC(=O)CCc1cn(C)nc1C. The summed E-state index contributed by atoms with van der Waals surface area (Å²) in [5, 5.41) is 16.4. The Kier molecular flexibility index (Phi) is 5.85. The smallest absolute Gasteiger partial charge is 0.220 e. The molecular formula is C13H23N3O2. The number of hydrogen-bond acceptors (Lipinski definition) is 3. The summed E-state index contributed by atoms with van der Waals surface area (Å²) in [7, 11) is 1.88. The lowest BCUT2D eigenvalue weighted by Crippen LogP contribution is -2.27. The van der Waals surface area contributed by atoms with Gasteiger partial charge in [0.25, 0.3) is 0 Å². The van der Waals surface area contributed by atoms with Gasteiger partial charge in [-0.1, -0.05) is 6.92 Å². The quantitative estimate of drug-likeness (QED) is 0.760. The number of aliphatic hydroxyl groups is 1. The lowest BCUT2D eigenvalue weighted by molar-refractivity contribution is -0.121. The van der Waals surface area contributed by atoms with E-state index in [1.165, 1.54) is 0 Å². The number of aliphatic hydroxyl groups excluding tert-OH is 1. The maximum atomic E-state index is 11.6. The summed E-state index contributed by atoms with van der Waals surface area (Å²) in [5.41, 5.74) is 2.09. The Bertz CT molecular complexity index is 388. The first-order valence-electron chi connectivity index (χ1n) is 6.46. The molecule has 0 saturated carbocycles. The van der Waals surface area contributed by atoms with Crippen LogP contribution < -0.4 is 5.32 Å². The number of carbonyl (C=O) groups is 1. The minimum Gasteiger partial charge on any atom is -0.393 e. The zero-order valence-electron chi connectivity index (χ0n) is 11.4. The van der Waals surface area contributed by atoms with Gasteiger partial charge in [0, 0.05) is 26.2 Å². The van der Waals surface area contributed by atoms with Gasteiger partial charge >= 0.3 is 0 Å². The Morgan fingerprint density at radius 2 is 2.33 bits per heavy atom. The number of hydrogen-bond donors (Lipinski definition) is 2. The molecule has 1 heterocycles. The van der Waals surface area contributed by atoms with E-state index >= 15 is 0 Å². The van der Waals surface area contributed by atoms with Gasteiger partial charge < -0.3 is 10.4 Å². The van der Waals surface area contributed by atoms with Crippen molar-refractivity contribution in [3.63, 3.8) is 0 Å². The molecule has 0 radical (unpaired) electrons. The van der Waals surface area contributed by atoms with E-state index in [0.29, 0.717) is 25.8 Å². The van der Waals surface area contributed by atoms with Crippen molar-refractivity contribution in [1.29, 1.82) is 0 Å². The molecule has 5 nitrogen and oxygen atoms in total. The fourth-order valence-electron chi connectivity index (χ4n) is 1.81. The Balaban J connectivity index is 2.23. The van der Waals surface area contributed by atoms with Crippen LogP contribution in [0.4, 0.5) is 0 Å². The van der Waals surface area contributed by atoms with Gasteiger partial charge in [-0.2, -0.15) is 5.10 Å². The van der Waals surface area contributed by atoms with Crippen LogP contribution in [0, 0.1) is 6.92 Å². The van der Waals surface area contributed by atoms with E-state index in [-0.39, 0.29) is 12.0 Å². The topological polar surface area (TPSA) is 67.2 Å². The van der Waals surface area contributed by atoms with E-state index in [2.05, 4.69) is 10.4 Å². The first kappa shape index (κ1) is 14.7. The van der Waals surface area contributed by atoms with Crippen molar-refractivity contribution in [3.8, 4) is 0 Å². The van der Waals surface area contributed by atoms with Crippen LogP contribution in [0.3, 0.4) is 0 Å². The molecule has 1 rings (SSSR count). The summed E-state index contributed by atoms with van der Waals surface area (Å²) < 4.78 is 1.76. The molecular weight excluding hydrogens is 230 g/mol. The average Bonchev–Trinajstić information content (AvgIpc) is 2.65. The van der Waals surface area contributed by atoms with Gasteiger partial charge in [0.15, 0.2) is 0 Å². The highest BCUT2D eigenvalue weighted by atomic mass is 16.3. The summed E-state index contributed by atoms with van der Waals surface area (Å²) >= 11 is 0. The first-order chi connectivity index (χ1) is 8.52. The molecule has 2 N–H and O–H groups in total. The zero-order valence-corrected chi connectivity index (χ0v) is 11.4. The minimum atomic E-state index is -0.314. The maximum Gasteiger partial charge on any atom is 0.220 e. The van der Waals surface area contributed by atoms with Gasteiger partial charge in [-0.15, -0.1) is 0 Å². The van der Waals surface area contributed by atoms with E-state index < -0.39 is 0 Å². The van der Waals surface area contributed by atoms with E-state index in [0.717, 1.165) is 17.7 Å². The molecule has 1 aromatic heterocycles. The van der Waals surface area contributed by atoms with Crippen molar-refractivity contribution in [2.24, 2.45) is 7.05 Å². The fourth-order valence-corrected chi connectivity index (χ4v) is 1.81. The van der Waals surface area contributed by atoms with Crippen molar-refractivity contribution < 1.29 is 9.90 Å². The molecule has 0 saturated heterocycles. The van der Waals surface area contributed by atoms with Crippen molar-refractivity contribution in [3.05, 3.63) is 17.5 Å². The summed E-state index contributed by atoms with van der Waals surface area (Å²) in [5.74, 6) is 0.0292. The number of aryl methyl sites for hydroxylation is 3. The van der Waals surface area contributed by atoms with Crippen LogP contribution in [0.5, 0.6) is 0 Å². The molecule has 0 bridgehead atoms. The van der Waals surface area contributed by atoms with Crippen LogP contribution >= 0.6 is 0 Å². The highest BCUT2D eigenvalue weighted by Gasteiger charge is 2.07. The molecule has 0 aliphatic carbocycles. The van der Waals surface area contributed by atoms with Gasteiger partial charge in [0.05, 0.1) is 11.8 Å². The van der Waals surface area contributed by atoms with Crippen molar-refractivity contribution in [2.75, 3.05) is 6.54 Å². The molecule has 0 spiro atoms. The largest absolute Gasteiger partial charge is 0.393 e. The number of nitrogens with zero attached hydrogens (tertiary/aromatic N) is 2. The zero-order chi connectivity index (χ0) is 13.5. The predicted octanol–water partition coefficient (Wildman–Crippen LogP) is 0.938. The minimum absolute atomic E-state index is 0.0292. The summed E-state index contributed by atoms with van der Waals surface area (Å²) in [6.07, 6.45) is 4.16. The molecule has 1 amide bonds. The van der Waals surface area contributed by atoms with Gasteiger partial charge in [0.1, 0.15) is 0 Å². The Morgan fingerprint density at radius 3 is 2.89 bits per heavy atom. The molecule has 0 aliphatic heterocycles. The average molecular weight is 253 g/mol. The molecule has 102 valence electrons. The van der Waals surface area contributed by atoms with E-state index in [4.69, 9.17) is 0 Å². The lowest BCUT2D eigenvalue weighted by atomic mass is 10.1. The van der Waals surface area contributed by atoms with Crippen LogP contribution in [-0.4, -0.2) is 33.4 Å². The van der Waals surface area contributed by atoms with Crippen LogP contribution in [0.25, 0.3) is 0 Å². The summed E-state index contributed by atoms with van der Waals surface area (Å²) in [6, 6.07) is 0. The van der Waals surface area contributed by atoms with E-state index in [9.17, 15) is 9.90 Å². The van der Waals surface area contributed by atoms with Crippen molar-refractivity contribution >= 4 is 5.91 Å². The van der Waals surface area contributed by atoms with Crippen molar-refractivity contribution in [2.45, 2.75) is 45.6 Å². The number of carbonyl (C=O) groups excluding carboxylic acids is 1. The normalized spacial score (nSPS) is 12.4. The molecule has 0 fully saturated rings. The van der Waals surface area contributed by atoms with E-state index in [1.807, 2.05) is 27.1 Å². The van der Waals surface area contributed by atoms with Crippen LogP contribution in [0.2, 0.25) is 0 Å². The van der Waals surface area contributed by atoms with Crippen LogP contribution in [0.1, 0.15) is 37.4 Å². The van der Waals surface area contributed by atoms with Gasteiger partial charge in [-0.3, -0.25) is 9.48 Å². The molecule has 0 aromatic carbocycles. The van der Waals surface area contributed by atoms with Gasteiger partial charge in [-0.25, -0.2) is 0 Å². The van der Waals surface area contributed by atoms with Crippen LogP contribution in [0.15, 0.2) is 6.20 Å². The van der Waals surface area contributed by atoms with Crippen LogP contribution in [-0.2, 0) is 18.3 Å². The standard InChI is InChI=1S/C13H23N3O2/c1-4-12(17)7-8-14-13(18)6-5-11-9-16(3)15-10(11)2/h9,12,17H,4-8H2,1-3H3,(H,14,18). The van der Waals surface area contributed by atoms with Gasteiger partial charge in [-0.05, 0) is 31.7 Å². The number of nitrogens with one attached hydrogen (secondary N) is 1. The number of rotatable bonds is 7. The third kappa shape index (κ3) is 4.87. The molecule has 1 unspecified atom stereocenters. The Labute approximate surface area is 108 Å². The number of amides is 1. The van der Waals surface area contributed by atoms with E-state index in [1.54, 1.807) is 4.68 Å². The van der Waals surface area contributed by atoms with Crippen molar-refractivity contribution in [1.82, 2.24) is 15.1 Å². The Morgan fingerprint density at radius 1 is 1.61 bits per heavy atom. The molecule has 0 aliphatic rings. The number of aromatic nitrogens is 2. The maximum absolute atomic E-state index is 11.6. The third-order valence-corrected chi connectivity index (χ3v) is 3.01. The molecule has 1 atom stereocenters. The molecule has 1 aromatic rings. The third-order valence-electron chi connectivity index (χ3n) is 3.01. The second kappa shape index (κ2) is 7.16. The summed E-state index contributed by atoms with van der Waals surface area (Å²) in [6.45, 7) is 4.42. The summed E-state index contributed by atoms with van der Waals surface area (Å²) in [4.78, 5) is 11.6. The second-order valence-corrected chi connectivity index (χ2v) is 4.61. The molecule has 18 heavy (non-hydrogen) atoms. The fraction of sp³-hybridized carbons (Fsp3) is 0.692. The lowest BCUT2D eigenvalue weighted by Gasteiger charge is -2.08. The van der Waals surface area contributed by atoms with Gasteiger partial charge in [0.2, 0.25) is 5.91 Å². The first-order valence-corrected chi connectivity index (χ1v) is 6.46.